The molecule has 5 heteroatoms. The molecule has 1 amide bonds. The van der Waals surface area contributed by atoms with Crippen LogP contribution in [0.15, 0.2) is 0 Å². The fourth-order valence-electron chi connectivity index (χ4n) is 0.896. The summed E-state index contributed by atoms with van der Waals surface area (Å²) in [6.07, 6.45) is 3.01. The van der Waals surface area contributed by atoms with Crippen molar-refractivity contribution in [3.63, 3.8) is 0 Å². The van der Waals surface area contributed by atoms with E-state index in [9.17, 15) is 9.59 Å². The van der Waals surface area contributed by atoms with Crippen LogP contribution in [0.1, 0.15) is 32.1 Å². The number of carbonyl (C=O) groups excluding carboxylic acids is 2. The molecule has 5 nitrogen and oxygen atoms in total. The molecule has 0 aromatic heterocycles. The summed E-state index contributed by atoms with van der Waals surface area (Å²) in [7, 11) is 1.36. The second kappa shape index (κ2) is 7.54. The van der Waals surface area contributed by atoms with Gasteiger partial charge in [-0.15, -0.1) is 0 Å². The molecule has 0 saturated carbocycles. The molecule has 1 radical (unpaired) electrons. The van der Waals surface area contributed by atoms with Crippen molar-refractivity contribution in [3.8, 4) is 0 Å². The maximum atomic E-state index is 10.6. The third-order valence-corrected chi connectivity index (χ3v) is 1.65. The molecule has 0 aliphatic carbocycles. The zero-order valence-corrected chi connectivity index (χ0v) is 7.76. The number of amides is 1. The minimum absolute atomic E-state index is 0.218. The predicted octanol–water partition coefficient (Wildman–Crippen LogP) is 0.424. The van der Waals surface area contributed by atoms with E-state index in [0.717, 1.165) is 12.8 Å². The predicted molar refractivity (Wildman–Crippen MR) is 46.3 cm³/mol. The highest BCUT2D eigenvalue weighted by Crippen LogP contribution is 2.03. The molecular weight excluding hydrogens is 172 g/mol. The number of ether oxygens (including phenoxy) is 1. The van der Waals surface area contributed by atoms with E-state index in [1.165, 1.54) is 7.11 Å². The molecule has 0 spiro atoms. The summed E-state index contributed by atoms with van der Waals surface area (Å²) in [6, 6.07) is 0. The Bertz CT molecular complexity index is 153. The highest BCUT2D eigenvalue weighted by atomic mass is 16.5. The van der Waals surface area contributed by atoms with Crippen LogP contribution in [0.25, 0.3) is 0 Å². The van der Waals surface area contributed by atoms with Crippen LogP contribution in [-0.4, -0.2) is 19.0 Å². The average Bonchev–Trinajstić information content (AvgIpc) is 2.16. The Labute approximate surface area is 77.6 Å². The number of hydrogen-bond donors (Lipinski definition) is 1. The minimum Gasteiger partial charge on any atom is -0.469 e. The molecule has 0 heterocycles. The van der Waals surface area contributed by atoms with Crippen molar-refractivity contribution in [2.24, 2.45) is 0 Å². The van der Waals surface area contributed by atoms with Crippen molar-refractivity contribution in [2.75, 3.05) is 7.11 Å². The average molecular weight is 187 g/mol. The Kier molecular flexibility index (Phi) is 6.91. The zero-order chi connectivity index (χ0) is 10.1. The van der Waals surface area contributed by atoms with Crippen LogP contribution in [0.3, 0.4) is 0 Å². The molecule has 75 valence electrons. The largest absolute Gasteiger partial charge is 0.469 e. The second-order valence-electron chi connectivity index (χ2n) is 2.68. The number of carbonyl (C=O) groups is 2. The highest BCUT2D eigenvalue weighted by molar-refractivity contribution is 5.74. The van der Waals surface area contributed by atoms with Gasteiger partial charge < -0.3 is 4.74 Å². The minimum atomic E-state index is -0.280. The van der Waals surface area contributed by atoms with Crippen LogP contribution < -0.4 is 11.3 Å². The van der Waals surface area contributed by atoms with Gasteiger partial charge in [-0.2, -0.15) is 5.84 Å². The summed E-state index contributed by atoms with van der Waals surface area (Å²) in [5.41, 5.74) is 1.80. The smallest absolute Gasteiger partial charge is 0.305 e. The summed E-state index contributed by atoms with van der Waals surface area (Å²) >= 11 is 0. The Balaban J connectivity index is 3.17. The molecular formula is C8H15N2O3. The van der Waals surface area contributed by atoms with Crippen molar-refractivity contribution in [1.82, 2.24) is 11.3 Å². The van der Waals surface area contributed by atoms with Crippen molar-refractivity contribution >= 4 is 11.9 Å². The van der Waals surface area contributed by atoms with Gasteiger partial charge in [-0.1, -0.05) is 6.42 Å². The Hall–Kier alpha value is -1.10. The summed E-state index contributed by atoms with van der Waals surface area (Å²) < 4.78 is 4.45. The second-order valence-corrected chi connectivity index (χ2v) is 2.68. The van der Waals surface area contributed by atoms with E-state index in [0.29, 0.717) is 19.3 Å². The molecule has 13 heavy (non-hydrogen) atoms. The topological polar surface area (TPSA) is 79.2 Å². The van der Waals surface area contributed by atoms with E-state index < -0.39 is 0 Å². The van der Waals surface area contributed by atoms with E-state index in [-0.39, 0.29) is 11.9 Å². The first-order valence-corrected chi connectivity index (χ1v) is 4.23. The van der Waals surface area contributed by atoms with Gasteiger partial charge in [0.25, 0.3) is 0 Å². The van der Waals surface area contributed by atoms with Gasteiger partial charge in [0.15, 0.2) is 0 Å². The van der Waals surface area contributed by atoms with Gasteiger partial charge in [0.2, 0.25) is 5.91 Å². The van der Waals surface area contributed by atoms with E-state index >= 15 is 0 Å². The van der Waals surface area contributed by atoms with Gasteiger partial charge in [-0.3, -0.25) is 15.0 Å². The normalized spacial score (nSPS) is 9.38. The van der Waals surface area contributed by atoms with Gasteiger partial charge in [-0.05, 0) is 12.8 Å². The van der Waals surface area contributed by atoms with Gasteiger partial charge in [0.05, 0.1) is 7.11 Å². The Morgan fingerprint density at radius 2 is 1.85 bits per heavy atom. The van der Waals surface area contributed by atoms with Crippen molar-refractivity contribution in [2.45, 2.75) is 32.1 Å². The first kappa shape index (κ1) is 11.9. The summed E-state index contributed by atoms with van der Waals surface area (Å²) in [5.74, 6) is 6.02. The number of rotatable bonds is 6. The van der Waals surface area contributed by atoms with Crippen LogP contribution in [0.4, 0.5) is 0 Å². The Morgan fingerprint density at radius 1 is 1.23 bits per heavy atom. The molecule has 0 bridgehead atoms. The lowest BCUT2D eigenvalue weighted by Crippen LogP contribution is -2.19. The molecule has 2 N–H and O–H groups in total. The van der Waals surface area contributed by atoms with Gasteiger partial charge in [0.1, 0.15) is 0 Å². The summed E-state index contributed by atoms with van der Waals surface area (Å²) in [4.78, 5) is 21.2. The quantitative estimate of drug-likeness (QED) is 0.372. The number of esters is 1. The lowest BCUT2D eigenvalue weighted by atomic mass is 10.1. The molecule has 0 aliphatic heterocycles. The van der Waals surface area contributed by atoms with E-state index in [4.69, 9.17) is 5.84 Å². The third kappa shape index (κ3) is 7.27. The fourth-order valence-corrected chi connectivity index (χ4v) is 0.896. The molecule has 0 aromatic carbocycles. The van der Waals surface area contributed by atoms with E-state index in [1.54, 1.807) is 5.43 Å². The monoisotopic (exact) mass is 187 g/mol. The molecule has 0 fully saturated rings. The Morgan fingerprint density at radius 3 is 2.38 bits per heavy atom. The highest BCUT2D eigenvalue weighted by Gasteiger charge is 2.01. The van der Waals surface area contributed by atoms with Crippen molar-refractivity contribution < 1.29 is 14.3 Å². The standard InChI is InChI=1S/C8H15N2O3/c1-13-8(12)6-4-2-3-5-7(11)10-9/h9H,2-6H2,1H3,(H,10,11). The molecule has 0 aliphatic rings. The van der Waals surface area contributed by atoms with E-state index in [2.05, 4.69) is 4.74 Å². The number of unbranched alkanes of at least 4 members (excludes halogenated alkanes) is 2. The third-order valence-electron chi connectivity index (χ3n) is 1.65. The van der Waals surface area contributed by atoms with Crippen molar-refractivity contribution in [1.29, 1.82) is 0 Å². The number of hydrogen-bond acceptors (Lipinski definition) is 3. The van der Waals surface area contributed by atoms with Crippen LogP contribution in [-0.2, 0) is 14.3 Å². The van der Waals surface area contributed by atoms with Crippen LogP contribution in [0.5, 0.6) is 0 Å². The first-order chi connectivity index (χ1) is 6.20. The fraction of sp³-hybridized carbons (Fsp3) is 0.750. The molecule has 0 aromatic rings. The van der Waals surface area contributed by atoms with E-state index in [1.807, 2.05) is 0 Å². The lowest BCUT2D eigenvalue weighted by molar-refractivity contribution is -0.140. The molecule has 0 atom stereocenters. The maximum Gasteiger partial charge on any atom is 0.305 e. The maximum absolute atomic E-state index is 10.6. The van der Waals surface area contributed by atoms with Gasteiger partial charge in [-0.25, -0.2) is 0 Å². The van der Waals surface area contributed by atoms with Crippen LogP contribution >= 0.6 is 0 Å². The molecule has 0 rings (SSSR count). The number of methoxy groups -OCH3 is 1. The summed E-state index contributed by atoms with van der Waals surface area (Å²) in [6.45, 7) is 0. The SMILES string of the molecule is COC(=O)CCCCCC(=O)N[NH]. The molecule has 0 saturated heterocycles. The summed E-state index contributed by atoms with van der Waals surface area (Å²) in [5, 5.41) is 0. The van der Waals surface area contributed by atoms with Gasteiger partial charge >= 0.3 is 5.97 Å². The zero-order valence-electron chi connectivity index (χ0n) is 7.76. The number of nitrogens with one attached hydrogen (secondary N) is 2. The van der Waals surface area contributed by atoms with Crippen molar-refractivity contribution in [3.05, 3.63) is 0 Å². The van der Waals surface area contributed by atoms with Crippen LogP contribution in [0, 0.1) is 0 Å². The van der Waals surface area contributed by atoms with Crippen LogP contribution in [0.2, 0.25) is 0 Å². The lowest BCUT2D eigenvalue weighted by Gasteiger charge is -1.99. The first-order valence-electron chi connectivity index (χ1n) is 4.23. The van der Waals surface area contributed by atoms with Gasteiger partial charge in [0, 0.05) is 12.8 Å². The molecule has 0 unspecified atom stereocenters.